The summed E-state index contributed by atoms with van der Waals surface area (Å²) in [5, 5.41) is 15.5. The van der Waals surface area contributed by atoms with Crippen molar-refractivity contribution in [1.82, 2.24) is 9.97 Å². The van der Waals surface area contributed by atoms with Crippen LogP contribution >= 0.6 is 11.3 Å². The predicted octanol–water partition coefficient (Wildman–Crippen LogP) is 4.80. The first-order chi connectivity index (χ1) is 12.2. The van der Waals surface area contributed by atoms with Crippen LogP contribution in [-0.2, 0) is 0 Å². The van der Waals surface area contributed by atoms with Gasteiger partial charge in [-0.15, -0.1) is 11.3 Å². The molecule has 0 aliphatic rings. The van der Waals surface area contributed by atoms with E-state index in [0.29, 0.717) is 11.5 Å². The predicted molar refractivity (Wildman–Crippen MR) is 99.5 cm³/mol. The highest BCUT2D eigenvalue weighted by molar-refractivity contribution is 7.17. The third-order valence-electron chi connectivity index (χ3n) is 3.87. The molecule has 2 N–H and O–H groups in total. The molecule has 2 aromatic heterocycles. The van der Waals surface area contributed by atoms with E-state index in [1.165, 1.54) is 17.7 Å². The van der Waals surface area contributed by atoms with Crippen LogP contribution < -0.4 is 5.32 Å². The number of nitrogens with one attached hydrogen (secondary N) is 1. The third kappa shape index (κ3) is 2.83. The van der Waals surface area contributed by atoms with Crippen molar-refractivity contribution >= 4 is 39.0 Å². The monoisotopic (exact) mass is 347 g/mol. The molecule has 6 heteroatoms. The van der Waals surface area contributed by atoms with Crippen molar-refractivity contribution in [3.05, 3.63) is 71.9 Å². The SMILES string of the molecule is O=C(O)c1ccccc1Nc1ncnc2scc(-c3ccccc3)c12. The lowest BCUT2D eigenvalue weighted by Crippen LogP contribution is -2.03. The van der Waals surface area contributed by atoms with Crippen LogP contribution in [0.4, 0.5) is 11.5 Å². The van der Waals surface area contributed by atoms with Crippen LogP contribution in [0, 0.1) is 0 Å². The zero-order valence-corrected chi connectivity index (χ0v) is 13.8. The van der Waals surface area contributed by atoms with Gasteiger partial charge in [0.2, 0.25) is 0 Å². The smallest absolute Gasteiger partial charge is 0.337 e. The van der Waals surface area contributed by atoms with Gasteiger partial charge in [0, 0.05) is 10.9 Å². The fraction of sp³-hybridized carbons (Fsp3) is 0. The lowest BCUT2D eigenvalue weighted by atomic mass is 10.1. The van der Waals surface area contributed by atoms with E-state index in [9.17, 15) is 9.90 Å². The minimum atomic E-state index is -0.984. The summed E-state index contributed by atoms with van der Waals surface area (Å²) in [6.45, 7) is 0. The minimum absolute atomic E-state index is 0.200. The van der Waals surface area contributed by atoms with E-state index in [0.717, 1.165) is 21.3 Å². The Hall–Kier alpha value is -3.25. The largest absolute Gasteiger partial charge is 0.478 e. The maximum Gasteiger partial charge on any atom is 0.337 e. The first-order valence-electron chi connectivity index (χ1n) is 7.61. The van der Waals surface area contributed by atoms with Crippen molar-refractivity contribution < 1.29 is 9.90 Å². The first kappa shape index (κ1) is 15.3. The Morgan fingerprint density at radius 2 is 1.76 bits per heavy atom. The molecule has 0 aliphatic carbocycles. The van der Waals surface area contributed by atoms with E-state index in [2.05, 4.69) is 15.3 Å². The van der Waals surface area contributed by atoms with Gasteiger partial charge in [0.15, 0.2) is 0 Å². The van der Waals surface area contributed by atoms with Crippen molar-refractivity contribution in [3.8, 4) is 11.1 Å². The molecule has 4 rings (SSSR count). The zero-order chi connectivity index (χ0) is 17.2. The molecule has 0 aliphatic heterocycles. The number of benzene rings is 2. The van der Waals surface area contributed by atoms with Crippen LogP contribution in [0.3, 0.4) is 0 Å². The van der Waals surface area contributed by atoms with Crippen LogP contribution in [0.15, 0.2) is 66.3 Å². The summed E-state index contributed by atoms with van der Waals surface area (Å²) in [5.74, 6) is -0.388. The maximum absolute atomic E-state index is 11.4. The highest BCUT2D eigenvalue weighted by atomic mass is 32.1. The number of carboxylic acid groups (broad SMARTS) is 1. The van der Waals surface area contributed by atoms with Gasteiger partial charge in [-0.2, -0.15) is 0 Å². The number of para-hydroxylation sites is 1. The molecular formula is C19H13N3O2S. The van der Waals surface area contributed by atoms with Crippen molar-refractivity contribution in [3.63, 3.8) is 0 Å². The van der Waals surface area contributed by atoms with E-state index in [4.69, 9.17) is 0 Å². The topological polar surface area (TPSA) is 75.1 Å². The molecule has 0 radical (unpaired) electrons. The molecule has 0 atom stereocenters. The number of rotatable bonds is 4. The summed E-state index contributed by atoms with van der Waals surface area (Å²) < 4.78 is 0. The maximum atomic E-state index is 11.4. The van der Waals surface area contributed by atoms with E-state index in [1.54, 1.807) is 24.3 Å². The second-order valence-corrected chi connectivity index (χ2v) is 6.25. The van der Waals surface area contributed by atoms with E-state index in [-0.39, 0.29) is 5.56 Å². The number of aromatic carboxylic acids is 1. The Bertz CT molecular complexity index is 1060. The second kappa shape index (κ2) is 6.33. The molecule has 0 unspecified atom stereocenters. The summed E-state index contributed by atoms with van der Waals surface area (Å²) >= 11 is 1.54. The summed E-state index contributed by atoms with van der Waals surface area (Å²) in [7, 11) is 0. The van der Waals surface area contributed by atoms with Crippen molar-refractivity contribution in [2.24, 2.45) is 0 Å². The molecule has 5 nitrogen and oxygen atoms in total. The number of anilines is 2. The Morgan fingerprint density at radius 1 is 1.00 bits per heavy atom. The van der Waals surface area contributed by atoms with Gasteiger partial charge in [-0.3, -0.25) is 0 Å². The Balaban J connectivity index is 1.86. The lowest BCUT2D eigenvalue weighted by Gasteiger charge is -2.10. The standard InChI is InChI=1S/C19H13N3O2S/c23-19(24)13-8-4-5-9-15(13)22-17-16-14(12-6-2-1-3-7-12)10-25-18(16)21-11-20-17/h1-11H,(H,23,24)(H,20,21,22). The molecule has 0 spiro atoms. The van der Waals surface area contributed by atoms with Crippen LogP contribution in [0.5, 0.6) is 0 Å². The van der Waals surface area contributed by atoms with Gasteiger partial charge in [-0.25, -0.2) is 14.8 Å². The fourth-order valence-electron chi connectivity index (χ4n) is 2.71. The summed E-state index contributed by atoms with van der Waals surface area (Å²) in [5.41, 5.74) is 2.79. The fourth-order valence-corrected chi connectivity index (χ4v) is 3.62. The zero-order valence-electron chi connectivity index (χ0n) is 13.0. The second-order valence-electron chi connectivity index (χ2n) is 5.39. The number of nitrogens with zero attached hydrogens (tertiary/aromatic N) is 2. The number of hydrogen-bond donors (Lipinski definition) is 2. The Kier molecular flexibility index (Phi) is 3.87. The molecule has 0 saturated carbocycles. The molecule has 25 heavy (non-hydrogen) atoms. The molecule has 2 aromatic carbocycles. The lowest BCUT2D eigenvalue weighted by molar-refractivity contribution is 0.0698. The quantitative estimate of drug-likeness (QED) is 0.554. The van der Waals surface area contributed by atoms with Crippen molar-refractivity contribution in [1.29, 1.82) is 0 Å². The van der Waals surface area contributed by atoms with Gasteiger partial charge in [0.25, 0.3) is 0 Å². The van der Waals surface area contributed by atoms with E-state index < -0.39 is 5.97 Å². The van der Waals surface area contributed by atoms with E-state index >= 15 is 0 Å². The van der Waals surface area contributed by atoms with Crippen molar-refractivity contribution in [2.45, 2.75) is 0 Å². The molecule has 0 amide bonds. The molecule has 0 bridgehead atoms. The van der Waals surface area contributed by atoms with Gasteiger partial charge >= 0.3 is 5.97 Å². The summed E-state index contributed by atoms with van der Waals surface area (Å²) in [6.07, 6.45) is 1.49. The number of thiophene rings is 1. The number of aromatic nitrogens is 2. The van der Waals surface area contributed by atoms with E-state index in [1.807, 2.05) is 35.7 Å². The van der Waals surface area contributed by atoms with Crippen LogP contribution in [0.25, 0.3) is 21.3 Å². The van der Waals surface area contributed by atoms with Gasteiger partial charge in [-0.05, 0) is 17.7 Å². The highest BCUT2D eigenvalue weighted by Crippen LogP contribution is 2.37. The van der Waals surface area contributed by atoms with Crippen LogP contribution in [0.2, 0.25) is 0 Å². The number of hydrogen-bond acceptors (Lipinski definition) is 5. The molecule has 2 heterocycles. The molecule has 4 aromatic rings. The summed E-state index contributed by atoms with van der Waals surface area (Å²) in [4.78, 5) is 21.0. The van der Waals surface area contributed by atoms with Crippen LogP contribution in [-0.4, -0.2) is 21.0 Å². The van der Waals surface area contributed by atoms with Gasteiger partial charge in [0.1, 0.15) is 17.0 Å². The highest BCUT2D eigenvalue weighted by Gasteiger charge is 2.15. The van der Waals surface area contributed by atoms with Gasteiger partial charge < -0.3 is 10.4 Å². The van der Waals surface area contributed by atoms with Gasteiger partial charge in [0.05, 0.1) is 16.6 Å². The van der Waals surface area contributed by atoms with Crippen LogP contribution in [0.1, 0.15) is 10.4 Å². The molecule has 122 valence electrons. The molecular weight excluding hydrogens is 334 g/mol. The Morgan fingerprint density at radius 3 is 2.56 bits per heavy atom. The normalized spacial score (nSPS) is 10.7. The number of carboxylic acids is 1. The molecule has 0 fully saturated rings. The summed E-state index contributed by atoms with van der Waals surface area (Å²) in [6, 6.07) is 16.8. The number of carbonyl (C=O) groups is 1. The first-order valence-corrected chi connectivity index (χ1v) is 8.49. The average molecular weight is 347 g/mol. The average Bonchev–Trinajstić information content (AvgIpc) is 3.08. The minimum Gasteiger partial charge on any atom is -0.478 e. The van der Waals surface area contributed by atoms with Gasteiger partial charge in [-0.1, -0.05) is 42.5 Å². The Labute approximate surface area is 147 Å². The molecule has 0 saturated heterocycles. The number of fused-ring (bicyclic) bond motifs is 1. The van der Waals surface area contributed by atoms with Crippen molar-refractivity contribution in [2.75, 3.05) is 5.32 Å². The third-order valence-corrected chi connectivity index (χ3v) is 4.75.